The van der Waals surface area contributed by atoms with Crippen molar-refractivity contribution in [2.24, 2.45) is 0 Å². The van der Waals surface area contributed by atoms with E-state index in [1.54, 1.807) is 13.1 Å². The van der Waals surface area contributed by atoms with Gasteiger partial charge in [-0.3, -0.25) is 14.5 Å². The zero-order chi connectivity index (χ0) is 21.6. The summed E-state index contributed by atoms with van der Waals surface area (Å²) in [6, 6.07) is 8.87. The summed E-state index contributed by atoms with van der Waals surface area (Å²) in [5.74, 6) is -1.70. The molecule has 0 spiro atoms. The monoisotopic (exact) mass is 475 g/mol. The molecule has 0 bridgehead atoms. The molecule has 0 aromatic heterocycles. The van der Waals surface area contributed by atoms with Crippen molar-refractivity contribution in [3.05, 3.63) is 58.3 Å². The van der Waals surface area contributed by atoms with Gasteiger partial charge in [-0.15, -0.1) is 0 Å². The van der Waals surface area contributed by atoms with E-state index >= 15 is 0 Å². The molecule has 0 heterocycles. The Labute approximate surface area is 173 Å². The Hall–Kier alpha value is -2.46. The Morgan fingerprint density at radius 2 is 1.69 bits per heavy atom. The van der Waals surface area contributed by atoms with Crippen molar-refractivity contribution in [1.82, 2.24) is 4.90 Å². The second-order valence-corrected chi connectivity index (χ2v) is 7.17. The van der Waals surface area contributed by atoms with E-state index in [-0.39, 0.29) is 30.9 Å². The van der Waals surface area contributed by atoms with Crippen LogP contribution in [-0.4, -0.2) is 36.9 Å². The van der Waals surface area contributed by atoms with Gasteiger partial charge in [-0.05, 0) is 37.4 Å². The van der Waals surface area contributed by atoms with Gasteiger partial charge in [0.25, 0.3) is 0 Å². The summed E-state index contributed by atoms with van der Waals surface area (Å²) in [5, 5.41) is 4.66. The number of likely N-dealkylation sites (N-methyl/N-ethyl adjacent to an activating group) is 1. The molecule has 0 saturated heterocycles. The number of nitrogens with zero attached hydrogens (tertiary/aromatic N) is 1. The summed E-state index contributed by atoms with van der Waals surface area (Å²) in [6.45, 7) is -0.0650. The van der Waals surface area contributed by atoms with Crippen LogP contribution in [0.2, 0.25) is 0 Å². The molecule has 0 aliphatic carbocycles. The van der Waals surface area contributed by atoms with Gasteiger partial charge >= 0.3 is 6.18 Å². The summed E-state index contributed by atoms with van der Waals surface area (Å²) in [5.41, 5.74) is -1.24. The molecule has 156 valence electrons. The molecule has 29 heavy (non-hydrogen) atoms. The Bertz CT molecular complexity index is 890. The Morgan fingerprint density at radius 1 is 1.03 bits per heavy atom. The summed E-state index contributed by atoms with van der Waals surface area (Å²) in [6.07, 6.45) is -4.62. The molecule has 2 rings (SSSR count). The van der Waals surface area contributed by atoms with E-state index in [0.29, 0.717) is 4.47 Å². The molecule has 2 aromatic rings. The summed E-state index contributed by atoms with van der Waals surface area (Å²) >= 11 is 3.11. The zero-order valence-corrected chi connectivity index (χ0v) is 16.9. The first kappa shape index (κ1) is 22.8. The molecule has 5 nitrogen and oxygen atoms in total. The predicted molar refractivity (Wildman–Crippen MR) is 105 cm³/mol. The molecule has 0 saturated carbocycles. The normalized spacial score (nSPS) is 11.4. The minimum atomic E-state index is -4.59. The predicted octanol–water partition coefficient (Wildman–Crippen LogP) is 4.51. The summed E-state index contributed by atoms with van der Waals surface area (Å²) in [7, 11) is 1.54. The van der Waals surface area contributed by atoms with E-state index in [9.17, 15) is 27.2 Å². The maximum atomic E-state index is 13.7. The van der Waals surface area contributed by atoms with Crippen LogP contribution in [0.15, 0.2) is 46.9 Å². The highest BCUT2D eigenvalue weighted by molar-refractivity contribution is 9.10. The van der Waals surface area contributed by atoms with E-state index < -0.39 is 29.4 Å². The van der Waals surface area contributed by atoms with E-state index in [1.165, 1.54) is 35.2 Å². The van der Waals surface area contributed by atoms with Crippen molar-refractivity contribution < 1.29 is 27.2 Å². The average molecular weight is 476 g/mol. The maximum Gasteiger partial charge on any atom is 0.418 e. The van der Waals surface area contributed by atoms with Crippen LogP contribution in [0, 0.1) is 5.82 Å². The summed E-state index contributed by atoms with van der Waals surface area (Å²) in [4.78, 5) is 25.5. The van der Waals surface area contributed by atoms with Crippen LogP contribution in [0.4, 0.5) is 28.9 Å². The molecular formula is C19H18BrF4N3O2. The van der Waals surface area contributed by atoms with Crippen LogP contribution in [0.25, 0.3) is 0 Å². The number of anilines is 2. The topological polar surface area (TPSA) is 61.4 Å². The van der Waals surface area contributed by atoms with E-state index in [1.807, 2.05) is 0 Å². The van der Waals surface area contributed by atoms with Gasteiger partial charge in [0.15, 0.2) is 0 Å². The number of hydrogen-bond acceptors (Lipinski definition) is 3. The highest BCUT2D eigenvalue weighted by Gasteiger charge is 2.33. The number of carbonyl (C=O) groups excluding carboxylic acids is 2. The Kier molecular flexibility index (Phi) is 7.74. The molecule has 0 unspecified atom stereocenters. The van der Waals surface area contributed by atoms with Gasteiger partial charge in [0.05, 0.1) is 23.5 Å². The number of halogens is 5. The molecule has 2 amide bonds. The van der Waals surface area contributed by atoms with Crippen molar-refractivity contribution in [2.45, 2.75) is 12.6 Å². The van der Waals surface area contributed by atoms with E-state index in [0.717, 1.165) is 6.07 Å². The number of hydrogen-bond donors (Lipinski definition) is 2. The first-order chi connectivity index (χ1) is 13.6. The van der Waals surface area contributed by atoms with E-state index in [2.05, 4.69) is 26.6 Å². The quantitative estimate of drug-likeness (QED) is 0.579. The number of benzene rings is 2. The van der Waals surface area contributed by atoms with Gasteiger partial charge in [-0.25, -0.2) is 4.39 Å². The van der Waals surface area contributed by atoms with Crippen LogP contribution in [0.1, 0.15) is 12.0 Å². The number of para-hydroxylation sites is 1. The van der Waals surface area contributed by atoms with Crippen molar-refractivity contribution in [1.29, 1.82) is 0 Å². The third kappa shape index (κ3) is 7.13. The molecule has 2 N–H and O–H groups in total. The highest BCUT2D eigenvalue weighted by atomic mass is 79.9. The fraction of sp³-hybridized carbons (Fsp3) is 0.263. The number of carbonyl (C=O) groups is 2. The lowest BCUT2D eigenvalue weighted by Crippen LogP contribution is -2.33. The SMILES string of the molecule is CN(CCC(=O)Nc1ccc(Br)cc1F)CC(=O)Nc1ccccc1C(F)(F)F. The molecule has 0 radical (unpaired) electrons. The molecule has 0 aliphatic heterocycles. The van der Waals surface area contributed by atoms with Crippen LogP contribution in [0.3, 0.4) is 0 Å². The molecule has 0 atom stereocenters. The zero-order valence-electron chi connectivity index (χ0n) is 15.3. The van der Waals surface area contributed by atoms with Crippen LogP contribution in [-0.2, 0) is 15.8 Å². The lowest BCUT2D eigenvalue weighted by molar-refractivity contribution is -0.137. The molecule has 10 heteroatoms. The number of alkyl halides is 3. The van der Waals surface area contributed by atoms with Gasteiger partial charge in [-0.1, -0.05) is 28.1 Å². The van der Waals surface area contributed by atoms with Crippen molar-refractivity contribution in [3.63, 3.8) is 0 Å². The number of amides is 2. The second-order valence-electron chi connectivity index (χ2n) is 6.25. The van der Waals surface area contributed by atoms with Crippen LogP contribution >= 0.6 is 15.9 Å². The molecular weight excluding hydrogens is 458 g/mol. The standard InChI is InChI=1S/C19H18BrF4N3O2/c1-27(9-8-17(28)26-16-7-6-12(20)10-14(16)21)11-18(29)25-15-5-3-2-4-13(15)19(22,23)24/h2-7,10H,8-9,11H2,1H3,(H,25,29)(H,26,28). The van der Waals surface area contributed by atoms with E-state index in [4.69, 9.17) is 0 Å². The lowest BCUT2D eigenvalue weighted by atomic mass is 10.1. The summed E-state index contributed by atoms with van der Waals surface area (Å²) < 4.78 is 53.1. The maximum absolute atomic E-state index is 13.7. The van der Waals surface area contributed by atoms with Gasteiger partial charge in [-0.2, -0.15) is 13.2 Å². The van der Waals surface area contributed by atoms with Gasteiger partial charge < -0.3 is 10.6 Å². The first-order valence-corrected chi connectivity index (χ1v) is 9.25. The lowest BCUT2D eigenvalue weighted by Gasteiger charge is -2.18. The van der Waals surface area contributed by atoms with Crippen LogP contribution < -0.4 is 10.6 Å². The van der Waals surface area contributed by atoms with Crippen LogP contribution in [0.5, 0.6) is 0 Å². The van der Waals surface area contributed by atoms with Crippen molar-refractivity contribution >= 4 is 39.1 Å². The minimum Gasteiger partial charge on any atom is -0.324 e. The fourth-order valence-corrected chi connectivity index (χ4v) is 2.78. The first-order valence-electron chi connectivity index (χ1n) is 8.46. The number of nitrogens with one attached hydrogen (secondary N) is 2. The van der Waals surface area contributed by atoms with Gasteiger partial charge in [0, 0.05) is 17.4 Å². The fourth-order valence-electron chi connectivity index (χ4n) is 2.45. The van der Waals surface area contributed by atoms with Gasteiger partial charge in [0.1, 0.15) is 5.82 Å². The second kappa shape index (κ2) is 9.84. The molecule has 0 fully saturated rings. The minimum absolute atomic E-state index is 0.0293. The molecule has 2 aromatic carbocycles. The highest BCUT2D eigenvalue weighted by Crippen LogP contribution is 2.34. The smallest absolute Gasteiger partial charge is 0.324 e. The Morgan fingerprint density at radius 3 is 2.34 bits per heavy atom. The van der Waals surface area contributed by atoms with Gasteiger partial charge in [0.2, 0.25) is 11.8 Å². The van der Waals surface area contributed by atoms with Crippen molar-refractivity contribution in [2.75, 3.05) is 30.8 Å². The average Bonchev–Trinajstić information content (AvgIpc) is 2.62. The third-order valence-corrected chi connectivity index (χ3v) is 4.34. The number of rotatable bonds is 7. The third-order valence-electron chi connectivity index (χ3n) is 3.85. The van der Waals surface area contributed by atoms with Crippen molar-refractivity contribution in [3.8, 4) is 0 Å². The molecule has 0 aliphatic rings. The largest absolute Gasteiger partial charge is 0.418 e. The Balaban J connectivity index is 1.84.